The van der Waals surface area contributed by atoms with Gasteiger partial charge in [0.05, 0.1) is 21.7 Å². The number of hydrogen-bond acceptors (Lipinski definition) is 7. The third-order valence-corrected chi connectivity index (χ3v) is 8.01. The van der Waals surface area contributed by atoms with Crippen molar-refractivity contribution in [1.29, 1.82) is 0 Å². The average Bonchev–Trinajstić information content (AvgIpc) is 3.63. The number of aromatic amines is 1. The van der Waals surface area contributed by atoms with Gasteiger partial charge in [-0.1, -0.05) is 31.4 Å². The first-order valence-corrected chi connectivity index (χ1v) is 13.5. The first-order chi connectivity index (χ1) is 18.7. The number of imidazole rings is 1. The molecule has 6 rings (SSSR count). The Morgan fingerprint density at radius 1 is 1.13 bits per heavy atom. The summed E-state index contributed by atoms with van der Waals surface area (Å²) in [6.45, 7) is 2.99. The van der Waals surface area contributed by atoms with Gasteiger partial charge in [-0.25, -0.2) is 19.9 Å². The number of halogens is 4. The van der Waals surface area contributed by atoms with Crippen LogP contribution < -0.4 is 10.7 Å². The molecule has 1 aliphatic heterocycles. The molecular formula is C26H27ClF3N7O2. The minimum Gasteiger partial charge on any atom is -0.386 e. The molecule has 0 bridgehead atoms. The largest absolute Gasteiger partial charge is 0.434 e. The summed E-state index contributed by atoms with van der Waals surface area (Å²) in [5, 5.41) is 6.49. The molecule has 4 aromatic rings. The number of nitrogens with one attached hydrogen (secondary N) is 1. The van der Waals surface area contributed by atoms with Gasteiger partial charge in [0.15, 0.2) is 0 Å². The Balaban J connectivity index is 1.59. The third-order valence-electron chi connectivity index (χ3n) is 7.80. The second-order valence-corrected chi connectivity index (χ2v) is 11.0. The number of rotatable bonds is 5. The lowest BCUT2D eigenvalue weighted by molar-refractivity contribution is -0.146. The molecule has 4 aromatic heterocycles. The number of pyridine rings is 2. The Labute approximate surface area is 226 Å². The van der Waals surface area contributed by atoms with Crippen LogP contribution in [0.15, 0.2) is 33.7 Å². The molecule has 1 N–H and O–H groups in total. The predicted molar refractivity (Wildman–Crippen MR) is 139 cm³/mol. The number of aromatic nitrogens is 6. The van der Waals surface area contributed by atoms with E-state index in [1.54, 1.807) is 18.3 Å². The molecule has 0 aromatic carbocycles. The molecule has 0 amide bonds. The van der Waals surface area contributed by atoms with Crippen LogP contribution in [0.1, 0.15) is 45.4 Å². The standard InChI is InChI=1S/C26H27ClF3N7O2/c1-14-4-6-15(7-5-14)13-37-22-18(33-24(37)36-8-2-3-20(36)26(28,29)30)10-19(23-34-35-25(38)39-23)32-21(22)16-9-17(27)12-31-11-16/h9-12,14-15,20H,2-8,13H2,1H3,(H,35,38)/t14?,15?,20-/m0/s1. The number of nitrogens with zero attached hydrogens (tertiary/aromatic N) is 6. The van der Waals surface area contributed by atoms with Gasteiger partial charge in [-0.2, -0.15) is 13.2 Å². The van der Waals surface area contributed by atoms with E-state index >= 15 is 0 Å². The Bertz CT molecular complexity index is 1560. The molecule has 0 spiro atoms. The van der Waals surface area contributed by atoms with E-state index in [-0.39, 0.29) is 30.5 Å². The molecule has 1 aliphatic carbocycles. The molecule has 206 valence electrons. The molecule has 1 saturated heterocycles. The van der Waals surface area contributed by atoms with Crippen molar-refractivity contribution in [2.24, 2.45) is 11.8 Å². The topological polar surface area (TPSA) is 106 Å². The predicted octanol–water partition coefficient (Wildman–Crippen LogP) is 5.85. The zero-order valence-corrected chi connectivity index (χ0v) is 22.0. The second kappa shape index (κ2) is 9.96. The van der Waals surface area contributed by atoms with E-state index in [9.17, 15) is 18.0 Å². The molecule has 13 heteroatoms. The highest BCUT2D eigenvalue weighted by molar-refractivity contribution is 6.30. The number of fused-ring (bicyclic) bond motifs is 1. The van der Waals surface area contributed by atoms with E-state index in [4.69, 9.17) is 26.0 Å². The van der Waals surface area contributed by atoms with Crippen molar-refractivity contribution in [3.05, 3.63) is 40.1 Å². The summed E-state index contributed by atoms with van der Waals surface area (Å²) in [5.74, 6) is 0.389. The van der Waals surface area contributed by atoms with Gasteiger partial charge in [-0.3, -0.25) is 4.98 Å². The van der Waals surface area contributed by atoms with Gasteiger partial charge in [0.2, 0.25) is 5.95 Å². The minimum atomic E-state index is -4.39. The molecule has 2 fully saturated rings. The Kier molecular flexibility index (Phi) is 6.60. The monoisotopic (exact) mass is 561 g/mol. The van der Waals surface area contributed by atoms with Crippen LogP contribution in [0.4, 0.5) is 19.1 Å². The smallest absolute Gasteiger partial charge is 0.386 e. The fourth-order valence-corrected chi connectivity index (χ4v) is 6.02. The lowest BCUT2D eigenvalue weighted by Crippen LogP contribution is -2.42. The summed E-state index contributed by atoms with van der Waals surface area (Å²) < 4.78 is 49.3. The molecule has 2 aliphatic rings. The Morgan fingerprint density at radius 3 is 2.62 bits per heavy atom. The van der Waals surface area contributed by atoms with Crippen molar-refractivity contribution in [3.8, 4) is 22.8 Å². The van der Waals surface area contributed by atoms with Crippen LogP contribution in [0.3, 0.4) is 0 Å². The zero-order chi connectivity index (χ0) is 27.3. The first kappa shape index (κ1) is 25.8. The highest BCUT2D eigenvalue weighted by Gasteiger charge is 2.47. The van der Waals surface area contributed by atoms with E-state index in [0.717, 1.165) is 25.7 Å². The van der Waals surface area contributed by atoms with Gasteiger partial charge in [-0.15, -0.1) is 5.10 Å². The minimum absolute atomic E-state index is 0.0145. The number of alkyl halides is 3. The van der Waals surface area contributed by atoms with Crippen molar-refractivity contribution in [2.45, 2.75) is 64.2 Å². The molecule has 1 atom stereocenters. The van der Waals surface area contributed by atoms with Gasteiger partial charge in [0.25, 0.3) is 5.89 Å². The summed E-state index contributed by atoms with van der Waals surface area (Å²) in [5.41, 5.74) is 2.21. The third kappa shape index (κ3) is 5.02. The summed E-state index contributed by atoms with van der Waals surface area (Å²) in [4.78, 5) is 26.8. The molecular weight excluding hydrogens is 535 g/mol. The highest BCUT2D eigenvalue weighted by atomic mass is 35.5. The zero-order valence-electron chi connectivity index (χ0n) is 21.2. The SMILES string of the molecule is CC1CCC(Cn2c(N3CCC[C@H]3C(F)(F)F)nc3cc(-c4n[nH]c(=O)o4)nc(-c4cncc(Cl)c4)c32)CC1. The van der Waals surface area contributed by atoms with Gasteiger partial charge >= 0.3 is 11.9 Å². The van der Waals surface area contributed by atoms with Crippen molar-refractivity contribution in [1.82, 2.24) is 29.7 Å². The number of anilines is 1. The van der Waals surface area contributed by atoms with Gasteiger partial charge in [0, 0.05) is 31.0 Å². The van der Waals surface area contributed by atoms with E-state index in [1.165, 1.54) is 11.1 Å². The normalized spacial score (nSPS) is 22.2. The van der Waals surface area contributed by atoms with Crippen LogP contribution in [0.5, 0.6) is 0 Å². The molecule has 0 radical (unpaired) electrons. The summed E-state index contributed by atoms with van der Waals surface area (Å²) >= 11 is 6.27. The maximum absolute atomic E-state index is 14.1. The van der Waals surface area contributed by atoms with Crippen LogP contribution in [0, 0.1) is 11.8 Å². The van der Waals surface area contributed by atoms with Crippen LogP contribution in [-0.4, -0.2) is 48.5 Å². The van der Waals surface area contributed by atoms with Crippen molar-refractivity contribution in [3.63, 3.8) is 0 Å². The highest BCUT2D eigenvalue weighted by Crippen LogP contribution is 2.41. The van der Waals surface area contributed by atoms with E-state index in [1.807, 2.05) is 4.57 Å². The molecule has 0 unspecified atom stereocenters. The summed E-state index contributed by atoms with van der Waals surface area (Å²) in [6.07, 6.45) is 3.25. The van der Waals surface area contributed by atoms with Gasteiger partial charge in [-0.05, 0) is 49.7 Å². The van der Waals surface area contributed by atoms with Gasteiger partial charge in [0.1, 0.15) is 11.7 Å². The fraction of sp³-hybridized carbons (Fsp3) is 0.500. The maximum atomic E-state index is 14.1. The molecule has 1 saturated carbocycles. The van der Waals surface area contributed by atoms with Gasteiger partial charge < -0.3 is 13.9 Å². The Morgan fingerprint density at radius 2 is 1.92 bits per heavy atom. The average molecular weight is 562 g/mol. The lowest BCUT2D eigenvalue weighted by Gasteiger charge is -2.31. The van der Waals surface area contributed by atoms with E-state index < -0.39 is 18.0 Å². The summed E-state index contributed by atoms with van der Waals surface area (Å²) in [7, 11) is 0. The van der Waals surface area contributed by atoms with Crippen LogP contribution >= 0.6 is 11.6 Å². The van der Waals surface area contributed by atoms with Crippen LogP contribution in [-0.2, 0) is 6.54 Å². The fourth-order valence-electron chi connectivity index (χ4n) is 5.84. The first-order valence-electron chi connectivity index (χ1n) is 13.1. The Hall–Kier alpha value is -3.41. The van der Waals surface area contributed by atoms with E-state index in [0.29, 0.717) is 52.1 Å². The number of hydrogen-bond donors (Lipinski definition) is 1. The lowest BCUT2D eigenvalue weighted by atomic mass is 9.83. The van der Waals surface area contributed by atoms with E-state index in [2.05, 4.69) is 22.1 Å². The van der Waals surface area contributed by atoms with Crippen LogP contribution in [0.25, 0.3) is 33.9 Å². The molecule has 39 heavy (non-hydrogen) atoms. The van der Waals surface area contributed by atoms with Crippen molar-refractivity contribution in [2.75, 3.05) is 11.4 Å². The van der Waals surface area contributed by atoms with Crippen LogP contribution in [0.2, 0.25) is 5.02 Å². The molecule has 9 nitrogen and oxygen atoms in total. The quantitative estimate of drug-likeness (QED) is 0.326. The maximum Gasteiger partial charge on any atom is 0.434 e. The number of H-pyrrole nitrogens is 1. The molecule has 5 heterocycles. The second-order valence-electron chi connectivity index (χ2n) is 10.6. The van der Waals surface area contributed by atoms with Crippen molar-refractivity contribution < 1.29 is 17.6 Å². The summed E-state index contributed by atoms with van der Waals surface area (Å²) in [6, 6.07) is 1.67. The van der Waals surface area contributed by atoms with Crippen molar-refractivity contribution >= 4 is 28.6 Å².